The van der Waals surface area contributed by atoms with Crippen LogP contribution in [0.4, 0.5) is 0 Å². The Morgan fingerprint density at radius 2 is 2.00 bits per heavy atom. The van der Waals surface area contributed by atoms with Crippen molar-refractivity contribution < 1.29 is 14.6 Å². The number of hydrogen-bond donors (Lipinski definition) is 2. The van der Waals surface area contributed by atoms with Crippen LogP contribution in [-0.4, -0.2) is 27.7 Å². The third kappa shape index (κ3) is 2.86. The normalized spacial score (nSPS) is 10.7. The number of carbonyl (C=O) groups is 1. The summed E-state index contributed by atoms with van der Waals surface area (Å²) in [4.78, 5) is 18.3. The van der Waals surface area contributed by atoms with Gasteiger partial charge in [-0.1, -0.05) is 6.07 Å². The van der Waals surface area contributed by atoms with E-state index >= 15 is 0 Å². The van der Waals surface area contributed by atoms with E-state index in [1.54, 1.807) is 12.1 Å². The molecule has 0 saturated carbocycles. The molecule has 0 aliphatic rings. The first-order valence-corrected chi connectivity index (χ1v) is 6.53. The predicted molar refractivity (Wildman–Crippen MR) is 79.4 cm³/mol. The van der Waals surface area contributed by atoms with Crippen LogP contribution in [0, 0.1) is 6.92 Å². The summed E-state index contributed by atoms with van der Waals surface area (Å²) >= 11 is 0. The number of nitrogens with one attached hydrogen (secondary N) is 1. The monoisotopic (exact) mass is 282 g/mol. The number of imidazole rings is 1. The lowest BCUT2D eigenvalue weighted by Gasteiger charge is -2.03. The molecule has 0 bridgehead atoms. The van der Waals surface area contributed by atoms with Gasteiger partial charge in [0.2, 0.25) is 0 Å². The average Bonchev–Trinajstić information content (AvgIpc) is 2.88. The van der Waals surface area contributed by atoms with Gasteiger partial charge in [-0.2, -0.15) is 0 Å². The number of rotatable bonds is 4. The van der Waals surface area contributed by atoms with Crippen molar-refractivity contribution in [3.05, 3.63) is 48.0 Å². The second-order valence-electron chi connectivity index (χ2n) is 4.81. The molecule has 0 fully saturated rings. The standard InChI is InChI=1S/C16H14N2O3/c1-10-2-7-13-14(8-10)18-16(17-13)11-3-5-12(6-4-11)21-9-15(19)20/h2-8H,9H2,1H3,(H,17,18)(H,19,20). The molecule has 0 spiro atoms. The number of aromatic nitrogens is 2. The fraction of sp³-hybridized carbons (Fsp3) is 0.125. The van der Waals surface area contributed by atoms with Crippen LogP contribution in [0.15, 0.2) is 42.5 Å². The SMILES string of the molecule is Cc1ccc2nc(-c3ccc(OCC(=O)O)cc3)[nH]c2c1. The molecule has 1 aromatic heterocycles. The number of aromatic amines is 1. The van der Waals surface area contributed by atoms with Crippen molar-refractivity contribution in [2.75, 3.05) is 6.61 Å². The Kier molecular flexibility index (Phi) is 3.31. The van der Waals surface area contributed by atoms with E-state index in [4.69, 9.17) is 9.84 Å². The summed E-state index contributed by atoms with van der Waals surface area (Å²) < 4.78 is 5.10. The van der Waals surface area contributed by atoms with Crippen molar-refractivity contribution in [1.29, 1.82) is 0 Å². The van der Waals surface area contributed by atoms with E-state index in [-0.39, 0.29) is 6.61 Å². The maximum atomic E-state index is 10.4. The molecule has 3 rings (SSSR count). The fourth-order valence-electron chi connectivity index (χ4n) is 2.11. The van der Waals surface area contributed by atoms with E-state index < -0.39 is 5.97 Å². The quantitative estimate of drug-likeness (QED) is 0.771. The van der Waals surface area contributed by atoms with Gasteiger partial charge in [0.1, 0.15) is 11.6 Å². The number of aliphatic carboxylic acids is 1. The van der Waals surface area contributed by atoms with Crippen molar-refractivity contribution >= 4 is 17.0 Å². The van der Waals surface area contributed by atoms with E-state index in [0.717, 1.165) is 22.4 Å². The third-order valence-corrected chi connectivity index (χ3v) is 3.13. The topological polar surface area (TPSA) is 75.2 Å². The first kappa shape index (κ1) is 13.2. The lowest BCUT2D eigenvalue weighted by molar-refractivity contribution is -0.139. The highest BCUT2D eigenvalue weighted by molar-refractivity contribution is 5.80. The highest BCUT2D eigenvalue weighted by atomic mass is 16.5. The van der Waals surface area contributed by atoms with Gasteiger partial charge in [0.05, 0.1) is 11.0 Å². The molecule has 0 aliphatic heterocycles. The summed E-state index contributed by atoms with van der Waals surface area (Å²) in [5, 5.41) is 8.57. The molecule has 0 saturated heterocycles. The van der Waals surface area contributed by atoms with E-state index in [1.807, 2.05) is 31.2 Å². The predicted octanol–water partition coefficient (Wildman–Crippen LogP) is 3.00. The fourth-order valence-corrected chi connectivity index (χ4v) is 2.11. The van der Waals surface area contributed by atoms with Gasteiger partial charge in [-0.25, -0.2) is 9.78 Å². The van der Waals surface area contributed by atoms with Crippen molar-refractivity contribution in [2.45, 2.75) is 6.92 Å². The third-order valence-electron chi connectivity index (χ3n) is 3.13. The smallest absolute Gasteiger partial charge is 0.341 e. The van der Waals surface area contributed by atoms with Gasteiger partial charge >= 0.3 is 5.97 Å². The Bertz CT molecular complexity index is 791. The molecule has 0 atom stereocenters. The molecule has 21 heavy (non-hydrogen) atoms. The average molecular weight is 282 g/mol. The van der Waals surface area contributed by atoms with Gasteiger partial charge in [0, 0.05) is 5.56 Å². The molecular weight excluding hydrogens is 268 g/mol. The Morgan fingerprint density at radius 1 is 1.24 bits per heavy atom. The number of benzene rings is 2. The van der Waals surface area contributed by atoms with Crippen LogP contribution in [0.1, 0.15) is 5.56 Å². The van der Waals surface area contributed by atoms with Crippen molar-refractivity contribution in [3.63, 3.8) is 0 Å². The van der Waals surface area contributed by atoms with Gasteiger partial charge in [0.25, 0.3) is 0 Å². The van der Waals surface area contributed by atoms with E-state index in [0.29, 0.717) is 5.75 Å². The molecule has 5 heteroatoms. The first-order chi connectivity index (χ1) is 10.1. The molecule has 1 heterocycles. The minimum atomic E-state index is -0.994. The zero-order valence-corrected chi connectivity index (χ0v) is 11.5. The Morgan fingerprint density at radius 3 is 2.71 bits per heavy atom. The largest absolute Gasteiger partial charge is 0.482 e. The number of carboxylic acids is 1. The first-order valence-electron chi connectivity index (χ1n) is 6.53. The van der Waals surface area contributed by atoms with Crippen molar-refractivity contribution in [1.82, 2.24) is 9.97 Å². The molecular formula is C16H14N2O3. The van der Waals surface area contributed by atoms with Gasteiger partial charge in [-0.15, -0.1) is 0 Å². The van der Waals surface area contributed by atoms with Crippen LogP contribution >= 0.6 is 0 Å². The highest BCUT2D eigenvalue weighted by Crippen LogP contribution is 2.23. The van der Waals surface area contributed by atoms with Crippen molar-refractivity contribution in [2.24, 2.45) is 0 Å². The summed E-state index contributed by atoms with van der Waals surface area (Å²) in [5.41, 5.74) is 4.01. The number of fused-ring (bicyclic) bond motifs is 1. The second kappa shape index (κ2) is 5.28. The minimum absolute atomic E-state index is 0.344. The Balaban J connectivity index is 1.86. The summed E-state index contributed by atoms with van der Waals surface area (Å²) in [5.74, 6) is 0.306. The summed E-state index contributed by atoms with van der Waals surface area (Å²) in [7, 11) is 0. The molecule has 0 aliphatic carbocycles. The minimum Gasteiger partial charge on any atom is -0.482 e. The number of carboxylic acid groups (broad SMARTS) is 1. The summed E-state index contributed by atoms with van der Waals surface area (Å²) in [6.45, 7) is 1.69. The maximum Gasteiger partial charge on any atom is 0.341 e. The molecule has 2 aromatic carbocycles. The zero-order chi connectivity index (χ0) is 14.8. The number of hydrogen-bond acceptors (Lipinski definition) is 3. The Labute approximate surface area is 121 Å². The lowest BCUT2D eigenvalue weighted by atomic mass is 10.2. The van der Waals surface area contributed by atoms with E-state index in [1.165, 1.54) is 5.56 Å². The van der Waals surface area contributed by atoms with Crippen LogP contribution in [0.5, 0.6) is 5.75 Å². The van der Waals surface area contributed by atoms with Crippen LogP contribution in [0.3, 0.4) is 0 Å². The second-order valence-corrected chi connectivity index (χ2v) is 4.81. The Hall–Kier alpha value is -2.82. The summed E-state index contributed by atoms with van der Waals surface area (Å²) in [6, 6.07) is 13.2. The molecule has 106 valence electrons. The molecule has 3 aromatic rings. The molecule has 5 nitrogen and oxygen atoms in total. The number of H-pyrrole nitrogens is 1. The van der Waals surface area contributed by atoms with Gasteiger partial charge < -0.3 is 14.8 Å². The molecule has 2 N–H and O–H groups in total. The van der Waals surface area contributed by atoms with E-state index in [9.17, 15) is 4.79 Å². The van der Waals surface area contributed by atoms with Crippen LogP contribution < -0.4 is 4.74 Å². The number of nitrogens with zero attached hydrogens (tertiary/aromatic N) is 1. The van der Waals surface area contributed by atoms with Crippen LogP contribution in [0.2, 0.25) is 0 Å². The van der Waals surface area contributed by atoms with Gasteiger partial charge in [0.15, 0.2) is 6.61 Å². The highest BCUT2D eigenvalue weighted by Gasteiger charge is 2.06. The van der Waals surface area contributed by atoms with Crippen LogP contribution in [-0.2, 0) is 4.79 Å². The maximum absolute atomic E-state index is 10.4. The van der Waals surface area contributed by atoms with Crippen molar-refractivity contribution in [3.8, 4) is 17.1 Å². The van der Waals surface area contributed by atoms with E-state index in [2.05, 4.69) is 16.0 Å². The van der Waals surface area contributed by atoms with Gasteiger partial charge in [-0.05, 0) is 48.9 Å². The molecule has 0 radical (unpaired) electrons. The number of ether oxygens (including phenoxy) is 1. The zero-order valence-electron chi connectivity index (χ0n) is 11.5. The van der Waals surface area contributed by atoms with Crippen LogP contribution in [0.25, 0.3) is 22.4 Å². The summed E-state index contributed by atoms with van der Waals surface area (Å²) in [6.07, 6.45) is 0. The van der Waals surface area contributed by atoms with Gasteiger partial charge in [-0.3, -0.25) is 0 Å². The molecule has 0 unspecified atom stereocenters. The molecule has 0 amide bonds. The lowest BCUT2D eigenvalue weighted by Crippen LogP contribution is -2.09. The number of aryl methyl sites for hydroxylation is 1.